The van der Waals surface area contributed by atoms with Gasteiger partial charge in [0.2, 0.25) is 5.18 Å². The van der Waals surface area contributed by atoms with Gasteiger partial charge in [-0.2, -0.15) is 0 Å². The Hall–Kier alpha value is -2.81. The molecule has 0 fully saturated rings. The van der Waals surface area contributed by atoms with Gasteiger partial charge in [0.1, 0.15) is 12.4 Å². The summed E-state index contributed by atoms with van der Waals surface area (Å²) in [6.45, 7) is 0.734. The van der Waals surface area contributed by atoms with Gasteiger partial charge in [-0.1, -0.05) is 53.5 Å². The molecule has 1 unspecified atom stereocenters. The van der Waals surface area contributed by atoms with Crippen LogP contribution < -0.4 is 4.74 Å². The largest absolute Gasteiger partial charge is 0.491 e. The second kappa shape index (κ2) is 11.3. The predicted octanol–water partition coefficient (Wildman–Crippen LogP) is 4.38. The maximum atomic E-state index is 8.36. The Labute approximate surface area is 177 Å². The molecule has 3 aromatic rings. The number of aromatic nitrogens is 2. The summed E-state index contributed by atoms with van der Waals surface area (Å²) in [7, 11) is 0. The van der Waals surface area contributed by atoms with Gasteiger partial charge in [-0.25, -0.2) is 4.98 Å². The van der Waals surface area contributed by atoms with Gasteiger partial charge >= 0.3 is 0 Å². The highest BCUT2D eigenvalue weighted by Gasteiger charge is 2.30. The molecule has 3 rings (SSSR count). The Morgan fingerprint density at radius 3 is 2.38 bits per heavy atom. The van der Waals surface area contributed by atoms with E-state index in [1.807, 2.05) is 54.6 Å². The van der Waals surface area contributed by atoms with Crippen LogP contribution in [0.15, 0.2) is 73.3 Å². The number of hydrogen-bond donors (Lipinski definition) is 1. The van der Waals surface area contributed by atoms with Gasteiger partial charge in [0.25, 0.3) is 5.09 Å². The second-order valence-corrected chi connectivity index (χ2v) is 6.74. The van der Waals surface area contributed by atoms with Gasteiger partial charge in [0.15, 0.2) is 0 Å². The third-order valence-electron chi connectivity index (χ3n) is 3.64. The summed E-state index contributed by atoms with van der Waals surface area (Å²) in [6.07, 6.45) is 5.55. The summed E-state index contributed by atoms with van der Waals surface area (Å²) in [6, 6.07) is 17.1. The van der Waals surface area contributed by atoms with Crippen molar-refractivity contribution in [3.63, 3.8) is 0 Å². The van der Waals surface area contributed by atoms with Crippen molar-refractivity contribution in [1.29, 1.82) is 0 Å². The highest BCUT2D eigenvalue weighted by atomic mass is 35.5. The molecule has 0 amide bonds. The molecule has 0 saturated carbocycles. The average Bonchev–Trinajstić information content (AvgIpc) is 3.23. The van der Waals surface area contributed by atoms with E-state index >= 15 is 0 Å². The van der Waals surface area contributed by atoms with Crippen molar-refractivity contribution in [2.75, 3.05) is 13.2 Å². The first-order chi connectivity index (χ1) is 13.9. The van der Waals surface area contributed by atoms with E-state index in [4.69, 9.17) is 48.0 Å². The number of para-hydroxylation sites is 1. The summed E-state index contributed by atoms with van der Waals surface area (Å²) >= 11 is 12.7. The van der Waals surface area contributed by atoms with Crippen molar-refractivity contribution in [1.82, 2.24) is 9.55 Å². The molecule has 0 spiro atoms. The second-order valence-electron chi connectivity index (χ2n) is 5.71. The lowest BCUT2D eigenvalue weighted by Gasteiger charge is -2.29. The van der Waals surface area contributed by atoms with E-state index in [1.54, 1.807) is 23.3 Å². The molecule has 1 atom stereocenters. The Bertz CT molecular complexity index is 859. The number of imidazole rings is 1. The highest BCUT2D eigenvalue weighted by molar-refractivity contribution is 6.30. The van der Waals surface area contributed by atoms with Crippen LogP contribution in [0, 0.1) is 10.1 Å². The fraction of sp³-hybridized carbons (Fsp3) is 0.211. The SMILES string of the molecule is Clc1ccc(CC(Cl)(OCCOc2ccccc2)n2ccnc2)cc1.O=[N+]([O-])O. The first kappa shape index (κ1) is 22.5. The van der Waals surface area contributed by atoms with Crippen molar-refractivity contribution in [3.8, 4) is 5.75 Å². The summed E-state index contributed by atoms with van der Waals surface area (Å²) in [5.41, 5.74) is 1.01. The molecule has 0 aliphatic carbocycles. The minimum Gasteiger partial charge on any atom is -0.491 e. The minimum absolute atomic E-state index is 0.337. The van der Waals surface area contributed by atoms with E-state index in [1.165, 1.54) is 0 Å². The van der Waals surface area contributed by atoms with Gasteiger partial charge in [-0.05, 0) is 29.8 Å². The fourth-order valence-corrected chi connectivity index (χ4v) is 2.86. The third-order valence-corrected chi connectivity index (χ3v) is 4.33. The van der Waals surface area contributed by atoms with Crippen molar-refractivity contribution in [2.24, 2.45) is 0 Å². The predicted molar refractivity (Wildman–Crippen MR) is 108 cm³/mol. The Morgan fingerprint density at radius 2 is 1.79 bits per heavy atom. The maximum Gasteiger partial charge on any atom is 0.291 e. The van der Waals surface area contributed by atoms with E-state index in [0.717, 1.165) is 11.3 Å². The molecule has 154 valence electrons. The molecule has 0 aliphatic heterocycles. The van der Waals surface area contributed by atoms with Crippen molar-refractivity contribution in [3.05, 3.63) is 94.0 Å². The van der Waals surface area contributed by atoms with Crippen LogP contribution in [0.2, 0.25) is 5.02 Å². The smallest absolute Gasteiger partial charge is 0.291 e. The van der Waals surface area contributed by atoms with E-state index in [-0.39, 0.29) is 0 Å². The zero-order valence-corrected chi connectivity index (χ0v) is 16.7. The van der Waals surface area contributed by atoms with Crippen LogP contribution >= 0.6 is 23.2 Å². The number of hydrogen-bond acceptors (Lipinski definition) is 5. The molecule has 29 heavy (non-hydrogen) atoms. The summed E-state index contributed by atoms with van der Waals surface area (Å²) in [5.74, 6) is 0.798. The zero-order valence-electron chi connectivity index (χ0n) is 15.2. The van der Waals surface area contributed by atoms with Crippen LogP contribution in [-0.4, -0.2) is 33.1 Å². The fourth-order valence-electron chi connectivity index (χ4n) is 2.40. The topological polar surface area (TPSA) is 99.7 Å². The normalized spacial score (nSPS) is 12.3. The molecule has 1 N–H and O–H groups in total. The lowest BCUT2D eigenvalue weighted by atomic mass is 10.1. The molecule has 0 aliphatic rings. The quantitative estimate of drug-likeness (QED) is 0.242. The lowest BCUT2D eigenvalue weighted by Crippen LogP contribution is -2.33. The number of benzene rings is 2. The van der Waals surface area contributed by atoms with E-state index in [0.29, 0.717) is 24.7 Å². The molecular weight excluding hydrogens is 421 g/mol. The van der Waals surface area contributed by atoms with E-state index in [9.17, 15) is 0 Å². The molecule has 0 saturated heterocycles. The molecule has 0 radical (unpaired) electrons. The first-order valence-corrected chi connectivity index (χ1v) is 9.21. The molecular formula is C19H19Cl2N3O5. The Morgan fingerprint density at radius 1 is 1.14 bits per heavy atom. The maximum absolute atomic E-state index is 8.36. The minimum atomic E-state index is -1.50. The Kier molecular flexibility index (Phi) is 8.72. The van der Waals surface area contributed by atoms with Gasteiger partial charge < -0.3 is 14.7 Å². The van der Waals surface area contributed by atoms with E-state index < -0.39 is 10.3 Å². The first-order valence-electron chi connectivity index (χ1n) is 8.46. The number of ether oxygens (including phenoxy) is 2. The average molecular weight is 440 g/mol. The monoisotopic (exact) mass is 439 g/mol. The number of alkyl halides is 1. The van der Waals surface area contributed by atoms with Crippen molar-refractivity contribution < 1.29 is 19.8 Å². The van der Waals surface area contributed by atoms with Crippen LogP contribution in [0.25, 0.3) is 0 Å². The molecule has 8 nitrogen and oxygen atoms in total. The lowest BCUT2D eigenvalue weighted by molar-refractivity contribution is -0.742. The molecule has 1 aromatic heterocycles. The van der Waals surface area contributed by atoms with Gasteiger partial charge in [-0.3, -0.25) is 4.57 Å². The number of rotatable bonds is 8. The van der Waals surface area contributed by atoms with Crippen LogP contribution in [0.3, 0.4) is 0 Å². The van der Waals surface area contributed by atoms with Crippen LogP contribution in [0.1, 0.15) is 5.56 Å². The van der Waals surface area contributed by atoms with Crippen molar-refractivity contribution in [2.45, 2.75) is 11.6 Å². The summed E-state index contributed by atoms with van der Waals surface area (Å²) in [5, 5.41) is 13.2. The number of nitrogens with zero attached hydrogens (tertiary/aromatic N) is 3. The van der Waals surface area contributed by atoms with Gasteiger partial charge in [0, 0.05) is 23.8 Å². The molecule has 1 heterocycles. The third kappa shape index (κ3) is 7.98. The van der Waals surface area contributed by atoms with Gasteiger partial charge in [0.05, 0.1) is 12.9 Å². The standard InChI is InChI=1S/C19H18Cl2N2O2.HNO3/c20-17-8-6-16(7-9-17)14-19(21,23-11-10-22-15-23)25-13-12-24-18-4-2-1-3-5-18;2-1(3)4/h1-11,15H,12-14H2;(H,2,3,4). The van der Waals surface area contributed by atoms with Gasteiger partial charge in [-0.15, -0.1) is 10.1 Å². The molecule has 10 heteroatoms. The summed E-state index contributed by atoms with van der Waals surface area (Å²) < 4.78 is 13.4. The summed E-state index contributed by atoms with van der Waals surface area (Å²) in [4.78, 5) is 12.4. The molecule has 2 aromatic carbocycles. The Balaban J connectivity index is 0.000000687. The number of halogens is 2. The zero-order chi connectivity index (χ0) is 21.1. The van der Waals surface area contributed by atoms with Crippen molar-refractivity contribution >= 4 is 23.2 Å². The van der Waals surface area contributed by atoms with E-state index in [2.05, 4.69) is 4.98 Å². The molecule has 0 bridgehead atoms. The van der Waals surface area contributed by atoms with Crippen LogP contribution in [-0.2, 0) is 16.3 Å². The van der Waals surface area contributed by atoms with Crippen LogP contribution in [0.4, 0.5) is 0 Å². The van der Waals surface area contributed by atoms with Crippen LogP contribution in [0.5, 0.6) is 5.75 Å². The highest BCUT2D eigenvalue weighted by Crippen LogP contribution is 2.29.